The molecule has 0 saturated carbocycles. The Bertz CT molecular complexity index is 904. The molecule has 1 heterocycles. The van der Waals surface area contributed by atoms with Crippen molar-refractivity contribution in [3.05, 3.63) is 62.5 Å². The summed E-state index contributed by atoms with van der Waals surface area (Å²) in [6.07, 6.45) is 1.60. The third kappa shape index (κ3) is 3.04. The molecule has 2 aromatic carbocycles. The number of esters is 1. The SMILES string of the molecule is CCOC(=O)c1ccc(C(=O)c2ncc(Br)s2)c2ccccc12. The molecule has 1 aromatic heterocycles. The lowest BCUT2D eigenvalue weighted by molar-refractivity contribution is 0.0528. The number of rotatable bonds is 4. The second-order valence-electron chi connectivity index (χ2n) is 4.73. The van der Waals surface area contributed by atoms with Crippen molar-refractivity contribution in [3.8, 4) is 0 Å². The number of hydrogen-bond donors (Lipinski definition) is 0. The van der Waals surface area contributed by atoms with Gasteiger partial charge in [-0.05, 0) is 45.8 Å². The van der Waals surface area contributed by atoms with E-state index in [-0.39, 0.29) is 11.8 Å². The summed E-state index contributed by atoms with van der Waals surface area (Å²) in [5.74, 6) is -0.549. The number of ether oxygens (including phenoxy) is 1. The van der Waals surface area contributed by atoms with Gasteiger partial charge in [-0.2, -0.15) is 0 Å². The van der Waals surface area contributed by atoms with Crippen LogP contribution in [0.5, 0.6) is 0 Å². The average molecular weight is 390 g/mol. The van der Waals surface area contributed by atoms with Gasteiger partial charge in [-0.15, -0.1) is 11.3 Å². The van der Waals surface area contributed by atoms with E-state index >= 15 is 0 Å². The highest BCUT2D eigenvalue weighted by atomic mass is 79.9. The highest BCUT2D eigenvalue weighted by Gasteiger charge is 2.19. The molecule has 0 amide bonds. The van der Waals surface area contributed by atoms with E-state index in [1.807, 2.05) is 24.3 Å². The number of carbonyl (C=O) groups is 2. The topological polar surface area (TPSA) is 56.3 Å². The quantitative estimate of drug-likeness (QED) is 0.487. The van der Waals surface area contributed by atoms with Crippen molar-refractivity contribution in [2.24, 2.45) is 0 Å². The Hall–Kier alpha value is -2.05. The molecule has 4 nitrogen and oxygen atoms in total. The molecule has 0 aliphatic rings. The molecule has 0 radical (unpaired) electrons. The molecule has 3 aromatic rings. The number of benzene rings is 2. The average Bonchev–Trinajstić information content (AvgIpc) is 3.00. The molecule has 0 spiro atoms. The van der Waals surface area contributed by atoms with Crippen LogP contribution in [-0.2, 0) is 4.74 Å². The second kappa shape index (κ2) is 6.60. The number of nitrogens with zero attached hydrogens (tertiary/aromatic N) is 1. The molecule has 3 rings (SSSR count). The van der Waals surface area contributed by atoms with Crippen molar-refractivity contribution < 1.29 is 14.3 Å². The van der Waals surface area contributed by atoms with Crippen LogP contribution in [-0.4, -0.2) is 23.3 Å². The highest BCUT2D eigenvalue weighted by molar-refractivity contribution is 9.11. The molecule has 0 aliphatic carbocycles. The molecule has 6 heteroatoms. The Morgan fingerprint density at radius 2 is 1.78 bits per heavy atom. The number of ketones is 1. The molecule has 0 saturated heterocycles. The summed E-state index contributed by atoms with van der Waals surface area (Å²) in [5.41, 5.74) is 0.981. The normalized spacial score (nSPS) is 10.7. The van der Waals surface area contributed by atoms with Gasteiger partial charge in [0, 0.05) is 5.56 Å². The first-order chi connectivity index (χ1) is 11.1. The summed E-state index contributed by atoms with van der Waals surface area (Å²) in [6, 6.07) is 10.6. The van der Waals surface area contributed by atoms with Crippen molar-refractivity contribution in [1.29, 1.82) is 0 Å². The maximum absolute atomic E-state index is 12.7. The summed E-state index contributed by atoms with van der Waals surface area (Å²) in [5, 5.41) is 1.83. The molecule has 0 fully saturated rings. The summed E-state index contributed by atoms with van der Waals surface area (Å²) in [4.78, 5) is 28.9. The van der Waals surface area contributed by atoms with Gasteiger partial charge < -0.3 is 4.74 Å². The number of carbonyl (C=O) groups excluding carboxylic acids is 2. The van der Waals surface area contributed by atoms with E-state index < -0.39 is 0 Å². The van der Waals surface area contributed by atoms with Crippen LogP contribution in [0.25, 0.3) is 10.8 Å². The Kier molecular flexibility index (Phi) is 4.54. The van der Waals surface area contributed by atoms with Gasteiger partial charge in [-0.1, -0.05) is 24.3 Å². The minimum Gasteiger partial charge on any atom is -0.462 e. The number of hydrogen-bond acceptors (Lipinski definition) is 5. The van der Waals surface area contributed by atoms with Crippen molar-refractivity contribution >= 4 is 49.8 Å². The molecule has 0 aliphatic heterocycles. The van der Waals surface area contributed by atoms with E-state index in [2.05, 4.69) is 20.9 Å². The molecule has 0 N–H and O–H groups in total. The van der Waals surface area contributed by atoms with Crippen LogP contribution >= 0.6 is 27.3 Å². The van der Waals surface area contributed by atoms with Crippen LogP contribution in [0.15, 0.2) is 46.4 Å². The van der Waals surface area contributed by atoms with Gasteiger partial charge in [-0.3, -0.25) is 4.79 Å². The van der Waals surface area contributed by atoms with Gasteiger partial charge in [-0.25, -0.2) is 9.78 Å². The zero-order valence-electron chi connectivity index (χ0n) is 12.2. The van der Waals surface area contributed by atoms with Crippen LogP contribution in [0.4, 0.5) is 0 Å². The number of fused-ring (bicyclic) bond motifs is 1. The highest BCUT2D eigenvalue weighted by Crippen LogP contribution is 2.28. The third-order valence-electron chi connectivity index (χ3n) is 3.34. The Balaban J connectivity index is 2.15. The molecule has 0 atom stereocenters. The molecular formula is C17H12BrNO3S. The lowest BCUT2D eigenvalue weighted by Gasteiger charge is -2.09. The molecule has 23 heavy (non-hydrogen) atoms. The first-order valence-electron chi connectivity index (χ1n) is 6.96. The summed E-state index contributed by atoms with van der Waals surface area (Å²) in [6.45, 7) is 2.07. The van der Waals surface area contributed by atoms with Crippen molar-refractivity contribution in [1.82, 2.24) is 4.98 Å². The van der Waals surface area contributed by atoms with Gasteiger partial charge in [0.15, 0.2) is 5.01 Å². The van der Waals surface area contributed by atoms with Gasteiger partial charge in [0.2, 0.25) is 5.78 Å². The standard InChI is InChI=1S/C17H12BrNO3S/c1-2-22-17(21)13-8-7-12(10-5-3-4-6-11(10)13)15(20)16-19-9-14(18)23-16/h3-9H,2H2,1H3. The summed E-state index contributed by atoms with van der Waals surface area (Å²) >= 11 is 4.60. The minimum atomic E-state index is -0.389. The van der Waals surface area contributed by atoms with Crippen molar-refractivity contribution in [3.63, 3.8) is 0 Å². The van der Waals surface area contributed by atoms with E-state index in [9.17, 15) is 9.59 Å². The largest absolute Gasteiger partial charge is 0.462 e. The minimum absolute atomic E-state index is 0.160. The number of halogens is 1. The molecular weight excluding hydrogens is 378 g/mol. The predicted molar refractivity (Wildman–Crippen MR) is 93.2 cm³/mol. The van der Waals surface area contributed by atoms with E-state index in [0.717, 1.165) is 9.17 Å². The molecule has 0 unspecified atom stereocenters. The van der Waals surface area contributed by atoms with Crippen LogP contribution in [0.2, 0.25) is 0 Å². The predicted octanol–water partition coefficient (Wildman–Crippen LogP) is 4.47. The fraction of sp³-hybridized carbons (Fsp3) is 0.118. The van der Waals surface area contributed by atoms with E-state index in [4.69, 9.17) is 4.74 Å². The van der Waals surface area contributed by atoms with Crippen molar-refractivity contribution in [2.75, 3.05) is 6.61 Å². The lowest BCUT2D eigenvalue weighted by Crippen LogP contribution is -2.08. The van der Waals surface area contributed by atoms with Crippen molar-refractivity contribution in [2.45, 2.75) is 6.92 Å². The smallest absolute Gasteiger partial charge is 0.338 e. The van der Waals surface area contributed by atoms with E-state index in [1.165, 1.54) is 11.3 Å². The Labute approximate surface area is 145 Å². The van der Waals surface area contributed by atoms with Gasteiger partial charge in [0.05, 0.1) is 22.2 Å². The van der Waals surface area contributed by atoms with Crippen LogP contribution in [0.3, 0.4) is 0 Å². The van der Waals surface area contributed by atoms with E-state index in [1.54, 1.807) is 25.3 Å². The zero-order valence-corrected chi connectivity index (χ0v) is 14.6. The summed E-state index contributed by atoms with van der Waals surface area (Å²) in [7, 11) is 0. The van der Waals surface area contributed by atoms with Crippen LogP contribution in [0.1, 0.15) is 32.6 Å². The lowest BCUT2D eigenvalue weighted by atomic mass is 9.97. The Morgan fingerprint density at radius 3 is 2.39 bits per heavy atom. The van der Waals surface area contributed by atoms with Gasteiger partial charge >= 0.3 is 5.97 Å². The van der Waals surface area contributed by atoms with Gasteiger partial charge in [0.1, 0.15) is 0 Å². The molecule has 0 bridgehead atoms. The number of thiazole rings is 1. The maximum Gasteiger partial charge on any atom is 0.338 e. The monoisotopic (exact) mass is 389 g/mol. The van der Waals surface area contributed by atoms with Crippen LogP contribution < -0.4 is 0 Å². The maximum atomic E-state index is 12.7. The first kappa shape index (κ1) is 15.8. The summed E-state index contributed by atoms with van der Waals surface area (Å²) < 4.78 is 5.88. The Morgan fingerprint density at radius 1 is 1.13 bits per heavy atom. The van der Waals surface area contributed by atoms with Crippen LogP contribution in [0, 0.1) is 0 Å². The fourth-order valence-electron chi connectivity index (χ4n) is 2.36. The fourth-order valence-corrected chi connectivity index (χ4v) is 3.52. The van der Waals surface area contributed by atoms with Gasteiger partial charge in [0.25, 0.3) is 0 Å². The first-order valence-corrected chi connectivity index (χ1v) is 8.57. The second-order valence-corrected chi connectivity index (χ2v) is 7.14. The number of aromatic nitrogens is 1. The third-order valence-corrected chi connectivity index (χ3v) is 4.81. The van der Waals surface area contributed by atoms with E-state index in [0.29, 0.717) is 28.1 Å². The molecule has 116 valence electrons. The zero-order chi connectivity index (χ0) is 16.4.